The van der Waals surface area contributed by atoms with Gasteiger partial charge in [-0.1, -0.05) is 0 Å². The van der Waals surface area contributed by atoms with Crippen LogP contribution in [0.15, 0.2) is 30.1 Å². The maximum absolute atomic E-state index is 12.9. The zero-order valence-corrected chi connectivity index (χ0v) is 21.6. The molecule has 2 aliphatic rings. The fraction of sp³-hybridized carbons (Fsp3) is 0.316. The van der Waals surface area contributed by atoms with Gasteiger partial charge in [-0.2, -0.15) is 0 Å². The first kappa shape index (κ1) is 25.3. The Hall–Kier alpha value is -2.32. The summed E-state index contributed by atoms with van der Waals surface area (Å²) in [6, 6.07) is 1.28. The zero-order chi connectivity index (χ0) is 23.4. The molecule has 2 fully saturated rings. The Morgan fingerprint density at radius 3 is 2.67 bits per heavy atom. The second-order valence-corrected chi connectivity index (χ2v) is 11.6. The van der Waals surface area contributed by atoms with E-state index in [4.69, 9.17) is 5.73 Å². The van der Waals surface area contributed by atoms with Gasteiger partial charge < -0.3 is 25.9 Å². The summed E-state index contributed by atoms with van der Waals surface area (Å²) in [4.78, 5) is 46.1. The van der Waals surface area contributed by atoms with Crippen molar-refractivity contribution >= 4 is 50.2 Å². The standard InChI is InChI=1S/C19H19N5O6S2.Na/c1-19(2)13(17(27)28)24-15(26)12(16(24)32(19,29)30)6-10-5-9(3-4-21-10)14(25)22-7-11-8-23-18(20)31-11;/h3-6,8,13,16H,7H2,1-2H3,(H2,20,23)(H,22,25)(H,27,28);/q;+1/p-1/b12-6-;/t13-,16+;/m0./s1. The third kappa shape index (κ3) is 4.08. The van der Waals surface area contributed by atoms with Crippen molar-refractivity contribution in [3.8, 4) is 0 Å². The number of β-lactam (4-membered cyclic amide) rings is 1. The normalized spacial score (nSPS) is 23.4. The van der Waals surface area contributed by atoms with Crippen molar-refractivity contribution in [2.45, 2.75) is 36.6 Å². The molecule has 0 radical (unpaired) electrons. The number of nitrogen functional groups attached to an aromatic ring is 1. The predicted octanol–water partition coefficient (Wildman–Crippen LogP) is -4.07. The number of nitrogens with zero attached hydrogens (tertiary/aromatic N) is 3. The summed E-state index contributed by atoms with van der Waals surface area (Å²) >= 11 is 1.24. The average Bonchev–Trinajstić information content (AvgIpc) is 3.20. The minimum absolute atomic E-state index is 0. The first-order chi connectivity index (χ1) is 14.9. The molecule has 3 N–H and O–H groups in total. The number of sulfone groups is 1. The number of amides is 2. The number of fused-ring (bicyclic) bond motifs is 1. The van der Waals surface area contributed by atoms with E-state index in [0.717, 1.165) is 9.78 Å². The molecule has 33 heavy (non-hydrogen) atoms. The number of nitrogens with one attached hydrogen (secondary N) is 1. The second kappa shape index (κ2) is 8.80. The van der Waals surface area contributed by atoms with Gasteiger partial charge in [-0.25, -0.2) is 13.4 Å². The summed E-state index contributed by atoms with van der Waals surface area (Å²) in [6.07, 6.45) is 4.17. The van der Waals surface area contributed by atoms with Crippen molar-refractivity contribution in [2.24, 2.45) is 0 Å². The second-order valence-electron chi connectivity index (χ2n) is 7.85. The third-order valence-electron chi connectivity index (χ3n) is 5.53. The Labute approximate surface area is 215 Å². The van der Waals surface area contributed by atoms with Crippen molar-refractivity contribution in [2.75, 3.05) is 5.73 Å². The van der Waals surface area contributed by atoms with Gasteiger partial charge in [-0.3, -0.25) is 14.6 Å². The molecule has 0 saturated carbocycles. The number of hydrogen-bond acceptors (Lipinski definition) is 10. The molecular formula is C19H18N5NaO6S2. The number of rotatable bonds is 5. The molecule has 4 rings (SSSR count). The molecule has 0 aliphatic carbocycles. The van der Waals surface area contributed by atoms with E-state index < -0.39 is 43.8 Å². The van der Waals surface area contributed by atoms with Crippen molar-refractivity contribution in [3.63, 3.8) is 0 Å². The molecular weight excluding hydrogens is 481 g/mol. The number of nitrogens with two attached hydrogens (primary N) is 1. The summed E-state index contributed by atoms with van der Waals surface area (Å²) in [7, 11) is -4.03. The van der Waals surface area contributed by atoms with Gasteiger partial charge in [0.1, 0.15) is 0 Å². The average molecular weight is 500 g/mol. The van der Waals surface area contributed by atoms with Gasteiger partial charge in [0, 0.05) is 22.8 Å². The van der Waals surface area contributed by atoms with E-state index in [2.05, 4.69) is 15.3 Å². The topological polar surface area (TPSA) is 175 Å². The van der Waals surface area contributed by atoms with Crippen LogP contribution in [0.1, 0.15) is 34.8 Å². The van der Waals surface area contributed by atoms with Crippen LogP contribution in [-0.2, 0) is 26.0 Å². The Kier molecular flexibility index (Phi) is 6.75. The minimum Gasteiger partial charge on any atom is -0.548 e. The fourth-order valence-corrected chi connectivity index (χ4v) is 6.56. The third-order valence-corrected chi connectivity index (χ3v) is 9.11. The molecule has 2 aromatic heterocycles. The van der Waals surface area contributed by atoms with Crippen LogP contribution >= 0.6 is 11.3 Å². The van der Waals surface area contributed by atoms with Gasteiger partial charge in [-0.05, 0) is 32.1 Å². The van der Waals surface area contributed by atoms with Gasteiger partial charge in [0.05, 0.1) is 34.6 Å². The largest absolute Gasteiger partial charge is 1.00 e. The Morgan fingerprint density at radius 1 is 1.36 bits per heavy atom. The molecule has 0 spiro atoms. The number of carboxylic acid groups (broad SMARTS) is 1. The smallest absolute Gasteiger partial charge is 0.548 e. The Bertz CT molecular complexity index is 1290. The van der Waals surface area contributed by atoms with Crippen LogP contribution in [0.2, 0.25) is 0 Å². The van der Waals surface area contributed by atoms with E-state index in [-0.39, 0.29) is 52.9 Å². The van der Waals surface area contributed by atoms with Crippen LogP contribution in [0.4, 0.5) is 5.13 Å². The van der Waals surface area contributed by atoms with Gasteiger partial charge >= 0.3 is 29.6 Å². The molecule has 11 nitrogen and oxygen atoms in total. The molecule has 168 valence electrons. The van der Waals surface area contributed by atoms with Crippen LogP contribution < -0.4 is 45.7 Å². The number of carbonyl (C=O) groups excluding carboxylic acids is 3. The van der Waals surface area contributed by atoms with Gasteiger partial charge in [-0.15, -0.1) is 11.3 Å². The van der Waals surface area contributed by atoms with E-state index in [1.807, 2.05) is 0 Å². The van der Waals surface area contributed by atoms with Crippen LogP contribution in [-0.4, -0.2) is 57.2 Å². The summed E-state index contributed by atoms with van der Waals surface area (Å²) in [5, 5.41) is 13.2. The van der Waals surface area contributed by atoms with Crippen molar-refractivity contribution in [1.29, 1.82) is 0 Å². The van der Waals surface area contributed by atoms with E-state index in [0.29, 0.717) is 5.13 Å². The maximum atomic E-state index is 12.9. The number of aliphatic carboxylic acids is 1. The number of anilines is 1. The van der Waals surface area contributed by atoms with Crippen LogP contribution in [0.5, 0.6) is 0 Å². The van der Waals surface area contributed by atoms with Crippen molar-refractivity contribution in [3.05, 3.63) is 46.2 Å². The monoisotopic (exact) mass is 499 g/mol. The predicted molar refractivity (Wildman–Crippen MR) is 112 cm³/mol. The summed E-state index contributed by atoms with van der Waals surface area (Å²) in [5.74, 6) is -2.77. The number of aromatic nitrogens is 2. The van der Waals surface area contributed by atoms with E-state index in [1.54, 1.807) is 6.20 Å². The molecule has 0 aromatic carbocycles. The van der Waals surface area contributed by atoms with Gasteiger partial charge in [0.15, 0.2) is 20.3 Å². The van der Waals surface area contributed by atoms with Crippen LogP contribution in [0.25, 0.3) is 6.08 Å². The number of carbonyl (C=O) groups is 3. The molecule has 14 heteroatoms. The van der Waals surface area contributed by atoms with E-state index in [9.17, 15) is 27.9 Å². The molecule has 2 aliphatic heterocycles. The molecule has 2 atom stereocenters. The molecule has 2 aromatic rings. The molecule has 0 unspecified atom stereocenters. The van der Waals surface area contributed by atoms with E-state index >= 15 is 0 Å². The van der Waals surface area contributed by atoms with Gasteiger partial charge in [0.25, 0.3) is 11.8 Å². The maximum Gasteiger partial charge on any atom is 1.00 e. The minimum atomic E-state index is -4.03. The molecule has 2 saturated heterocycles. The molecule has 4 heterocycles. The molecule has 2 amide bonds. The SMILES string of the molecule is CC1(C)[C@H](C(=O)[O-])N2C(=O)/C(=C/c3cc(C(=O)NCc4cnc(N)s4)ccn3)[C@H]2S1(=O)=O.[Na+]. The Morgan fingerprint density at radius 2 is 2.06 bits per heavy atom. The fourth-order valence-electron chi connectivity index (χ4n) is 3.82. The quantitative estimate of drug-likeness (QED) is 0.235. The van der Waals surface area contributed by atoms with Crippen LogP contribution in [0.3, 0.4) is 0 Å². The summed E-state index contributed by atoms with van der Waals surface area (Å²) in [6.45, 7) is 2.73. The first-order valence-electron chi connectivity index (χ1n) is 9.38. The van der Waals surface area contributed by atoms with Crippen molar-refractivity contribution < 1.29 is 57.5 Å². The number of pyridine rings is 1. The Balaban J connectivity index is 0.00000306. The summed E-state index contributed by atoms with van der Waals surface area (Å²) in [5.41, 5.74) is 5.89. The first-order valence-corrected chi connectivity index (χ1v) is 11.7. The van der Waals surface area contributed by atoms with E-state index in [1.165, 1.54) is 49.6 Å². The van der Waals surface area contributed by atoms with Gasteiger partial charge in [0.2, 0.25) is 0 Å². The molecule has 0 bridgehead atoms. The number of hydrogen-bond donors (Lipinski definition) is 2. The number of thiazole rings is 1. The number of carboxylic acids is 1. The van der Waals surface area contributed by atoms with Crippen molar-refractivity contribution in [1.82, 2.24) is 20.2 Å². The summed E-state index contributed by atoms with van der Waals surface area (Å²) < 4.78 is 24.1. The van der Waals surface area contributed by atoms with Crippen LogP contribution in [0, 0.1) is 0 Å². The zero-order valence-electron chi connectivity index (χ0n) is 17.9.